The third-order valence-corrected chi connectivity index (χ3v) is 2.82. The van der Waals surface area contributed by atoms with Crippen LogP contribution < -0.4 is 4.74 Å². The fraction of sp³-hybridized carbons (Fsp3) is 0.500. The molecule has 5 nitrogen and oxygen atoms in total. The number of Topliss-reactive ketones (excluding diaryl/α,β-unsaturated/α-hetero) is 1. The fourth-order valence-electron chi connectivity index (χ4n) is 1.71. The lowest BCUT2D eigenvalue weighted by molar-refractivity contribution is -0.385. The van der Waals surface area contributed by atoms with Crippen LogP contribution in [0.1, 0.15) is 49.9 Å². The van der Waals surface area contributed by atoms with Gasteiger partial charge in [0, 0.05) is 11.6 Å². The van der Waals surface area contributed by atoms with Crippen LogP contribution in [0.15, 0.2) is 18.2 Å². The molecule has 0 spiro atoms. The fourth-order valence-corrected chi connectivity index (χ4v) is 1.71. The zero-order chi connectivity index (χ0) is 14.3. The standard InChI is InChI=1S/C14H19NO4/c1-3-4-5-6-9-19-14-8-7-12(11(2)16)10-13(14)15(17)18/h7-8,10H,3-6,9H2,1-2H3. The molecule has 0 heterocycles. The minimum atomic E-state index is -0.520. The van der Waals surface area contributed by atoms with Crippen LogP contribution >= 0.6 is 0 Å². The Bertz CT molecular complexity index is 457. The number of hydrogen-bond acceptors (Lipinski definition) is 4. The van der Waals surface area contributed by atoms with E-state index in [0.29, 0.717) is 12.2 Å². The number of carbonyl (C=O) groups excluding carboxylic acids is 1. The van der Waals surface area contributed by atoms with E-state index in [2.05, 4.69) is 6.92 Å². The summed E-state index contributed by atoms with van der Waals surface area (Å²) in [5, 5.41) is 10.9. The van der Waals surface area contributed by atoms with Crippen LogP contribution in [-0.4, -0.2) is 17.3 Å². The van der Waals surface area contributed by atoms with Gasteiger partial charge in [-0.15, -0.1) is 0 Å². The molecule has 0 aliphatic carbocycles. The average Bonchev–Trinajstić information content (AvgIpc) is 2.38. The topological polar surface area (TPSA) is 69.4 Å². The number of carbonyl (C=O) groups is 1. The van der Waals surface area contributed by atoms with Crippen molar-refractivity contribution in [2.75, 3.05) is 6.61 Å². The van der Waals surface area contributed by atoms with E-state index in [4.69, 9.17) is 4.74 Å². The van der Waals surface area contributed by atoms with Crippen molar-refractivity contribution in [2.45, 2.75) is 39.5 Å². The van der Waals surface area contributed by atoms with Gasteiger partial charge in [-0.2, -0.15) is 0 Å². The molecule has 0 saturated carbocycles. The van der Waals surface area contributed by atoms with E-state index in [1.807, 2.05) is 0 Å². The highest BCUT2D eigenvalue weighted by molar-refractivity contribution is 5.95. The smallest absolute Gasteiger partial charge is 0.311 e. The van der Waals surface area contributed by atoms with E-state index < -0.39 is 4.92 Å². The summed E-state index contributed by atoms with van der Waals surface area (Å²) in [4.78, 5) is 21.6. The van der Waals surface area contributed by atoms with E-state index in [1.165, 1.54) is 19.1 Å². The molecule has 0 radical (unpaired) electrons. The van der Waals surface area contributed by atoms with Crippen molar-refractivity contribution in [2.24, 2.45) is 0 Å². The Morgan fingerprint density at radius 2 is 2.05 bits per heavy atom. The Hall–Kier alpha value is -1.91. The number of nitrogens with zero attached hydrogens (tertiary/aromatic N) is 1. The SMILES string of the molecule is CCCCCCOc1ccc(C(C)=O)cc1[N+](=O)[O-]. The van der Waals surface area contributed by atoms with E-state index in [9.17, 15) is 14.9 Å². The Morgan fingerprint density at radius 3 is 2.63 bits per heavy atom. The summed E-state index contributed by atoms with van der Waals surface area (Å²) in [7, 11) is 0. The van der Waals surface area contributed by atoms with Gasteiger partial charge in [-0.1, -0.05) is 26.2 Å². The van der Waals surface area contributed by atoms with Crippen molar-refractivity contribution in [3.8, 4) is 5.75 Å². The second-order valence-electron chi connectivity index (χ2n) is 4.40. The zero-order valence-electron chi connectivity index (χ0n) is 11.3. The third-order valence-electron chi connectivity index (χ3n) is 2.82. The van der Waals surface area contributed by atoms with E-state index in [1.54, 1.807) is 6.07 Å². The van der Waals surface area contributed by atoms with Gasteiger partial charge in [-0.05, 0) is 25.5 Å². The molecule has 0 amide bonds. The maximum Gasteiger partial charge on any atom is 0.311 e. The number of unbranched alkanes of at least 4 members (excludes halogenated alkanes) is 3. The molecule has 0 aromatic heterocycles. The Balaban J connectivity index is 2.71. The van der Waals surface area contributed by atoms with Crippen molar-refractivity contribution >= 4 is 11.5 Å². The number of nitro groups is 1. The summed E-state index contributed by atoms with van der Waals surface area (Å²) in [6.07, 6.45) is 4.19. The first-order chi connectivity index (χ1) is 9.06. The van der Waals surface area contributed by atoms with Crippen molar-refractivity contribution in [1.29, 1.82) is 0 Å². The van der Waals surface area contributed by atoms with E-state index in [0.717, 1.165) is 25.7 Å². The molecule has 0 aliphatic heterocycles. The van der Waals surface area contributed by atoms with Gasteiger partial charge in [-0.3, -0.25) is 14.9 Å². The van der Waals surface area contributed by atoms with Gasteiger partial charge in [0.25, 0.3) is 0 Å². The molecule has 0 fully saturated rings. The normalized spacial score (nSPS) is 10.2. The molecule has 0 aliphatic rings. The van der Waals surface area contributed by atoms with Crippen molar-refractivity contribution in [3.63, 3.8) is 0 Å². The monoisotopic (exact) mass is 265 g/mol. The van der Waals surface area contributed by atoms with Crippen LogP contribution in [0.25, 0.3) is 0 Å². The first-order valence-corrected chi connectivity index (χ1v) is 6.48. The summed E-state index contributed by atoms with van der Waals surface area (Å²) >= 11 is 0. The first-order valence-electron chi connectivity index (χ1n) is 6.48. The highest BCUT2D eigenvalue weighted by atomic mass is 16.6. The number of nitro benzene ring substituents is 1. The summed E-state index contributed by atoms with van der Waals surface area (Å²) in [5.41, 5.74) is 0.174. The molecular formula is C14H19NO4. The van der Waals surface area contributed by atoms with E-state index in [-0.39, 0.29) is 17.2 Å². The summed E-state index contributed by atoms with van der Waals surface area (Å²) in [6.45, 7) is 3.96. The molecule has 104 valence electrons. The van der Waals surface area contributed by atoms with Crippen LogP contribution in [-0.2, 0) is 0 Å². The number of ether oxygens (including phenoxy) is 1. The second kappa shape index (κ2) is 7.51. The van der Waals surface area contributed by atoms with Crippen LogP contribution in [0.3, 0.4) is 0 Å². The quantitative estimate of drug-likeness (QED) is 0.310. The largest absolute Gasteiger partial charge is 0.487 e. The Labute approximate surface area is 112 Å². The maximum absolute atomic E-state index is 11.2. The van der Waals surface area contributed by atoms with Crippen LogP contribution in [0.4, 0.5) is 5.69 Å². The highest BCUT2D eigenvalue weighted by Crippen LogP contribution is 2.28. The zero-order valence-corrected chi connectivity index (χ0v) is 11.3. The van der Waals surface area contributed by atoms with Crippen molar-refractivity contribution in [1.82, 2.24) is 0 Å². The van der Waals surface area contributed by atoms with Gasteiger partial charge in [-0.25, -0.2) is 0 Å². The van der Waals surface area contributed by atoms with Gasteiger partial charge in [0.15, 0.2) is 11.5 Å². The lowest BCUT2D eigenvalue weighted by atomic mass is 10.1. The van der Waals surface area contributed by atoms with Gasteiger partial charge >= 0.3 is 5.69 Å². The summed E-state index contributed by atoms with van der Waals surface area (Å²) in [6, 6.07) is 4.31. The molecule has 19 heavy (non-hydrogen) atoms. The molecule has 1 aromatic rings. The van der Waals surface area contributed by atoms with Gasteiger partial charge in [0.1, 0.15) is 0 Å². The number of benzene rings is 1. The Morgan fingerprint density at radius 1 is 1.32 bits per heavy atom. The minimum Gasteiger partial charge on any atom is -0.487 e. The molecule has 1 rings (SSSR count). The molecule has 0 atom stereocenters. The van der Waals surface area contributed by atoms with Gasteiger partial charge in [0.05, 0.1) is 11.5 Å². The molecule has 0 bridgehead atoms. The molecule has 0 N–H and O–H groups in total. The van der Waals surface area contributed by atoms with Gasteiger partial charge < -0.3 is 4.74 Å². The molecule has 0 saturated heterocycles. The van der Waals surface area contributed by atoms with Gasteiger partial charge in [0.2, 0.25) is 0 Å². The van der Waals surface area contributed by atoms with E-state index >= 15 is 0 Å². The number of ketones is 1. The average molecular weight is 265 g/mol. The van der Waals surface area contributed by atoms with Crippen LogP contribution in [0.2, 0.25) is 0 Å². The molecule has 1 aromatic carbocycles. The van der Waals surface area contributed by atoms with Crippen molar-refractivity contribution in [3.05, 3.63) is 33.9 Å². The van der Waals surface area contributed by atoms with Crippen LogP contribution in [0, 0.1) is 10.1 Å². The lowest BCUT2D eigenvalue weighted by Gasteiger charge is -2.07. The molecule has 0 unspecified atom stereocenters. The summed E-state index contributed by atoms with van der Waals surface area (Å²) in [5.74, 6) is 0.0316. The predicted octanol–water partition coefficient (Wildman–Crippen LogP) is 3.76. The highest BCUT2D eigenvalue weighted by Gasteiger charge is 2.17. The first kappa shape index (κ1) is 15.1. The lowest BCUT2D eigenvalue weighted by Crippen LogP contribution is -2.02. The molecule has 5 heteroatoms. The molecular weight excluding hydrogens is 246 g/mol. The number of rotatable bonds is 8. The summed E-state index contributed by atoms with van der Waals surface area (Å²) < 4.78 is 5.43. The minimum absolute atomic E-state index is 0.150. The Kier molecular flexibility index (Phi) is 5.99. The third kappa shape index (κ3) is 4.69. The predicted molar refractivity (Wildman–Crippen MR) is 72.7 cm³/mol. The number of hydrogen-bond donors (Lipinski definition) is 0. The maximum atomic E-state index is 11.2. The second-order valence-corrected chi connectivity index (χ2v) is 4.40. The van der Waals surface area contributed by atoms with Crippen LogP contribution in [0.5, 0.6) is 5.75 Å². The van der Waals surface area contributed by atoms with Crippen molar-refractivity contribution < 1.29 is 14.5 Å².